The summed E-state index contributed by atoms with van der Waals surface area (Å²) in [7, 11) is 0. The fourth-order valence-corrected chi connectivity index (χ4v) is 10.7. The smallest absolute Gasteiger partial charge is 0.0443 e. The maximum atomic E-state index is 7.99. The third kappa shape index (κ3) is 20.6. The van der Waals surface area contributed by atoms with Gasteiger partial charge in [0, 0.05) is 19.8 Å². The van der Waals surface area contributed by atoms with Crippen molar-refractivity contribution in [2.75, 3.05) is 52.5 Å². The third-order valence-electron chi connectivity index (χ3n) is 13.7. The minimum atomic E-state index is 0.219. The Morgan fingerprint density at radius 2 is 1.04 bits per heavy atom. The predicted octanol–water partition coefficient (Wildman–Crippen LogP) is 9.72. The van der Waals surface area contributed by atoms with Crippen LogP contribution in [-0.4, -0.2) is 67.9 Å². The minimum absolute atomic E-state index is 0.219. The highest BCUT2D eigenvalue weighted by atomic mass is 16.3. The van der Waals surface area contributed by atoms with Gasteiger partial charge in [-0.15, -0.1) is 0 Å². The molecule has 320 valence electrons. The molecule has 0 aliphatic heterocycles. The molecular formula is C46H98N4O3. The molecule has 7 nitrogen and oxygen atoms in total. The van der Waals surface area contributed by atoms with Crippen molar-refractivity contribution in [1.29, 1.82) is 0 Å². The second kappa shape index (κ2) is 34.9. The number of nitrogens with two attached hydrogens (primary N) is 3. The van der Waals surface area contributed by atoms with Gasteiger partial charge in [0.1, 0.15) is 0 Å². The molecule has 7 unspecified atom stereocenters. The molecule has 4 fully saturated rings. The monoisotopic (exact) mass is 755 g/mol. The Morgan fingerprint density at radius 1 is 0.528 bits per heavy atom. The van der Waals surface area contributed by atoms with Gasteiger partial charge in [-0.1, -0.05) is 112 Å². The van der Waals surface area contributed by atoms with E-state index in [0.29, 0.717) is 30.5 Å². The first-order valence-corrected chi connectivity index (χ1v) is 23.5. The van der Waals surface area contributed by atoms with E-state index in [1.165, 1.54) is 109 Å². The summed E-state index contributed by atoms with van der Waals surface area (Å²) in [6.45, 7) is 16.8. The molecule has 7 atom stereocenters. The van der Waals surface area contributed by atoms with Crippen molar-refractivity contribution in [3.8, 4) is 0 Å². The first-order valence-electron chi connectivity index (χ1n) is 23.5. The molecule has 0 spiro atoms. The third-order valence-corrected chi connectivity index (χ3v) is 13.7. The van der Waals surface area contributed by atoms with Crippen LogP contribution in [0.15, 0.2) is 0 Å². The lowest BCUT2D eigenvalue weighted by atomic mass is 9.45. The molecule has 4 rings (SSSR count). The zero-order valence-electron chi connectivity index (χ0n) is 36.5. The van der Waals surface area contributed by atoms with Crippen LogP contribution >= 0.6 is 0 Å². The molecule has 4 aliphatic rings. The van der Waals surface area contributed by atoms with Crippen LogP contribution in [0, 0.1) is 40.4 Å². The van der Waals surface area contributed by atoms with Crippen molar-refractivity contribution >= 4 is 0 Å². The largest absolute Gasteiger partial charge is 0.396 e. The van der Waals surface area contributed by atoms with Gasteiger partial charge < -0.3 is 37.8 Å². The molecule has 0 aromatic rings. The summed E-state index contributed by atoms with van der Waals surface area (Å²) >= 11 is 0. The van der Waals surface area contributed by atoms with E-state index in [9.17, 15) is 0 Å². The van der Waals surface area contributed by atoms with E-state index in [4.69, 9.17) is 32.5 Å². The molecule has 0 radical (unpaired) electrons. The predicted molar refractivity (Wildman–Crippen MR) is 232 cm³/mol. The number of aliphatic hydroxyl groups is 3. The van der Waals surface area contributed by atoms with Crippen molar-refractivity contribution < 1.29 is 15.3 Å². The summed E-state index contributed by atoms with van der Waals surface area (Å²) in [5.74, 6) is 5.32. The van der Waals surface area contributed by atoms with Crippen molar-refractivity contribution in [2.24, 2.45) is 57.6 Å². The Morgan fingerprint density at radius 3 is 1.55 bits per heavy atom. The highest BCUT2D eigenvalue weighted by Crippen LogP contribution is 2.67. The fourth-order valence-electron chi connectivity index (χ4n) is 10.7. The van der Waals surface area contributed by atoms with Gasteiger partial charge in [-0.05, 0) is 163 Å². The van der Waals surface area contributed by atoms with Gasteiger partial charge in [0.05, 0.1) is 0 Å². The standard InChI is InChI=1S/C35H65N.3C3H9NO.C2H6/c1-4-5-6-7-8-9-10-11-12-16-27-36-28-17-14-19-30-21-23-32-31-22-20-29-18-13-15-25-34(29,2)33(31)24-26-35(30,32)3;3*4-2-1-3-5;1-2/h29-33,36H,4-28H2,1-3H3;3*5H,1-4H2;1-2H3. The summed E-state index contributed by atoms with van der Waals surface area (Å²) < 4.78 is 0. The SMILES string of the molecule is CC.CCCCCCCCCCCCNCCCCC1CCC2C3CCC4CCCCC4(C)C3CCC12C.NCCCO.NCCCO.NCCCO. The Bertz CT molecular complexity index is 755. The van der Waals surface area contributed by atoms with Crippen molar-refractivity contribution in [2.45, 2.75) is 202 Å². The summed E-state index contributed by atoms with van der Waals surface area (Å²) in [4.78, 5) is 0. The second-order valence-corrected chi connectivity index (χ2v) is 17.2. The average Bonchev–Trinajstić information content (AvgIpc) is 3.51. The van der Waals surface area contributed by atoms with Gasteiger partial charge in [-0.2, -0.15) is 0 Å². The zero-order chi connectivity index (χ0) is 39.6. The molecule has 0 heterocycles. The first-order chi connectivity index (χ1) is 25.8. The van der Waals surface area contributed by atoms with E-state index in [2.05, 4.69) is 26.1 Å². The summed E-state index contributed by atoms with van der Waals surface area (Å²) in [5.41, 5.74) is 16.3. The number of unbranched alkanes of at least 4 members (excludes halogenated alkanes) is 10. The Labute approximate surface area is 331 Å². The van der Waals surface area contributed by atoms with Crippen LogP contribution in [-0.2, 0) is 0 Å². The van der Waals surface area contributed by atoms with E-state index in [1.807, 2.05) is 13.8 Å². The molecule has 0 aromatic heterocycles. The molecule has 53 heavy (non-hydrogen) atoms. The molecule has 0 amide bonds. The summed E-state index contributed by atoms with van der Waals surface area (Å²) in [5, 5.41) is 27.7. The van der Waals surface area contributed by atoms with Crippen molar-refractivity contribution in [1.82, 2.24) is 5.32 Å². The fraction of sp³-hybridized carbons (Fsp3) is 1.00. The normalized spacial score (nSPS) is 28.2. The summed E-state index contributed by atoms with van der Waals surface area (Å²) in [6, 6.07) is 0. The maximum Gasteiger partial charge on any atom is 0.0443 e. The molecule has 4 aliphatic carbocycles. The lowest BCUT2D eigenvalue weighted by molar-refractivity contribution is -0.111. The second-order valence-electron chi connectivity index (χ2n) is 17.2. The molecule has 10 N–H and O–H groups in total. The van der Waals surface area contributed by atoms with Crippen LogP contribution in [0.5, 0.6) is 0 Å². The van der Waals surface area contributed by atoms with Gasteiger partial charge in [0.2, 0.25) is 0 Å². The van der Waals surface area contributed by atoms with Crippen molar-refractivity contribution in [3.05, 3.63) is 0 Å². The van der Waals surface area contributed by atoms with Crippen LogP contribution < -0.4 is 22.5 Å². The molecule has 4 saturated carbocycles. The van der Waals surface area contributed by atoms with E-state index in [1.54, 1.807) is 51.4 Å². The number of nitrogens with one attached hydrogen (secondary N) is 1. The quantitative estimate of drug-likeness (QED) is 0.0544. The highest BCUT2D eigenvalue weighted by molar-refractivity contribution is 5.08. The molecule has 0 bridgehead atoms. The number of hydrogen-bond donors (Lipinski definition) is 7. The maximum absolute atomic E-state index is 7.99. The number of hydrogen-bond acceptors (Lipinski definition) is 7. The molecule has 0 aromatic carbocycles. The van der Waals surface area contributed by atoms with E-state index < -0.39 is 0 Å². The number of aliphatic hydroxyl groups excluding tert-OH is 3. The average molecular weight is 755 g/mol. The lowest BCUT2D eigenvalue weighted by Crippen LogP contribution is -2.52. The van der Waals surface area contributed by atoms with Gasteiger partial charge in [-0.25, -0.2) is 0 Å². The van der Waals surface area contributed by atoms with Gasteiger partial charge in [0.15, 0.2) is 0 Å². The van der Waals surface area contributed by atoms with Gasteiger partial charge in [0.25, 0.3) is 0 Å². The van der Waals surface area contributed by atoms with Crippen LogP contribution in [0.25, 0.3) is 0 Å². The van der Waals surface area contributed by atoms with Gasteiger partial charge in [-0.3, -0.25) is 0 Å². The van der Waals surface area contributed by atoms with Crippen LogP contribution in [0.2, 0.25) is 0 Å². The van der Waals surface area contributed by atoms with Crippen LogP contribution in [0.4, 0.5) is 0 Å². The Kier molecular flexibility index (Phi) is 34.7. The first kappa shape index (κ1) is 52.7. The highest BCUT2D eigenvalue weighted by Gasteiger charge is 2.59. The minimum Gasteiger partial charge on any atom is -0.396 e. The zero-order valence-corrected chi connectivity index (χ0v) is 36.5. The van der Waals surface area contributed by atoms with Crippen molar-refractivity contribution in [3.63, 3.8) is 0 Å². The number of rotatable bonds is 22. The van der Waals surface area contributed by atoms with Crippen LogP contribution in [0.3, 0.4) is 0 Å². The van der Waals surface area contributed by atoms with E-state index in [0.717, 1.165) is 48.9 Å². The topological polar surface area (TPSA) is 151 Å². The van der Waals surface area contributed by atoms with E-state index >= 15 is 0 Å². The summed E-state index contributed by atoms with van der Waals surface area (Å²) in [6.07, 6.45) is 36.5. The Hall–Kier alpha value is -0.280. The van der Waals surface area contributed by atoms with E-state index in [-0.39, 0.29) is 19.8 Å². The molecule has 7 heteroatoms. The molecule has 0 saturated heterocycles. The van der Waals surface area contributed by atoms with Gasteiger partial charge >= 0.3 is 0 Å². The Balaban J connectivity index is 0.00000133. The molecular weight excluding hydrogens is 657 g/mol. The van der Waals surface area contributed by atoms with Crippen LogP contribution in [0.1, 0.15) is 202 Å². The lowest BCUT2D eigenvalue weighted by Gasteiger charge is -2.60. The number of fused-ring (bicyclic) bond motifs is 5.